The van der Waals surface area contributed by atoms with Gasteiger partial charge in [-0.3, -0.25) is 4.79 Å². The number of hydrogen-bond donors (Lipinski definition) is 1. The Bertz CT molecular complexity index is 791. The SMILES string of the molecule is Cc1ccc(-c2cc3nc[nH]c(=O)c3s2)c(Br)c1. The van der Waals surface area contributed by atoms with E-state index >= 15 is 0 Å². The standard InChI is InChI=1S/C13H9BrN2OS/c1-7-2-3-8(9(14)4-7)11-5-10-12(18-11)13(17)16-6-15-10/h2-6H,1H3,(H,15,16,17). The number of fused-ring (bicyclic) bond motifs is 1. The van der Waals surface area contributed by atoms with Crippen molar-refractivity contribution in [1.82, 2.24) is 9.97 Å². The summed E-state index contributed by atoms with van der Waals surface area (Å²) >= 11 is 5.02. The maximum absolute atomic E-state index is 11.7. The van der Waals surface area contributed by atoms with Crippen LogP contribution in [-0.4, -0.2) is 9.97 Å². The van der Waals surface area contributed by atoms with E-state index in [-0.39, 0.29) is 5.56 Å². The third-order valence-corrected chi connectivity index (χ3v) is 4.52. The summed E-state index contributed by atoms with van der Waals surface area (Å²) in [5, 5.41) is 0. The van der Waals surface area contributed by atoms with Gasteiger partial charge in [-0.05, 0) is 24.6 Å². The summed E-state index contributed by atoms with van der Waals surface area (Å²) in [6, 6.07) is 8.13. The lowest BCUT2D eigenvalue weighted by Crippen LogP contribution is -2.02. The van der Waals surface area contributed by atoms with E-state index in [1.807, 2.05) is 13.0 Å². The minimum atomic E-state index is -0.0838. The molecule has 0 bridgehead atoms. The molecule has 0 saturated heterocycles. The number of rotatable bonds is 1. The van der Waals surface area contributed by atoms with E-state index in [9.17, 15) is 4.79 Å². The zero-order valence-electron chi connectivity index (χ0n) is 9.53. The van der Waals surface area contributed by atoms with Crippen molar-refractivity contribution in [1.29, 1.82) is 0 Å². The predicted molar refractivity (Wildman–Crippen MR) is 78.1 cm³/mol. The highest BCUT2D eigenvalue weighted by Gasteiger charge is 2.10. The van der Waals surface area contributed by atoms with Gasteiger partial charge in [0.15, 0.2) is 0 Å². The van der Waals surface area contributed by atoms with Crippen LogP contribution in [0.1, 0.15) is 5.56 Å². The molecule has 3 aromatic rings. The lowest BCUT2D eigenvalue weighted by Gasteiger charge is -2.02. The summed E-state index contributed by atoms with van der Waals surface area (Å²) in [6.45, 7) is 2.05. The predicted octanol–water partition coefficient (Wildman–Crippen LogP) is 3.72. The van der Waals surface area contributed by atoms with E-state index in [1.54, 1.807) is 0 Å². The van der Waals surface area contributed by atoms with Crippen LogP contribution in [0.4, 0.5) is 0 Å². The fourth-order valence-electron chi connectivity index (χ4n) is 1.82. The molecule has 0 aliphatic rings. The number of nitrogens with zero attached hydrogens (tertiary/aromatic N) is 1. The van der Waals surface area contributed by atoms with Crippen LogP contribution in [0.3, 0.4) is 0 Å². The number of halogens is 1. The van der Waals surface area contributed by atoms with Crippen LogP contribution in [0, 0.1) is 6.92 Å². The van der Waals surface area contributed by atoms with Crippen molar-refractivity contribution in [2.45, 2.75) is 6.92 Å². The fraction of sp³-hybridized carbons (Fsp3) is 0.0769. The van der Waals surface area contributed by atoms with Crippen LogP contribution in [0.5, 0.6) is 0 Å². The van der Waals surface area contributed by atoms with E-state index in [0.29, 0.717) is 4.70 Å². The Kier molecular flexibility index (Phi) is 2.80. The van der Waals surface area contributed by atoms with Gasteiger partial charge in [0.25, 0.3) is 5.56 Å². The zero-order chi connectivity index (χ0) is 12.7. The molecule has 3 rings (SSSR count). The summed E-state index contributed by atoms with van der Waals surface area (Å²) in [6.07, 6.45) is 1.44. The van der Waals surface area contributed by atoms with Gasteiger partial charge >= 0.3 is 0 Å². The first kappa shape index (κ1) is 11.6. The van der Waals surface area contributed by atoms with Crippen molar-refractivity contribution in [3.8, 4) is 10.4 Å². The molecule has 2 heterocycles. The summed E-state index contributed by atoms with van der Waals surface area (Å²) in [4.78, 5) is 19.5. The molecule has 5 heteroatoms. The van der Waals surface area contributed by atoms with Gasteiger partial charge in [0, 0.05) is 14.9 Å². The molecule has 0 atom stereocenters. The van der Waals surface area contributed by atoms with E-state index in [2.05, 4.69) is 44.1 Å². The fourth-order valence-corrected chi connectivity index (χ4v) is 3.70. The molecule has 18 heavy (non-hydrogen) atoms. The van der Waals surface area contributed by atoms with E-state index in [4.69, 9.17) is 0 Å². The normalized spacial score (nSPS) is 11.0. The monoisotopic (exact) mass is 320 g/mol. The topological polar surface area (TPSA) is 45.8 Å². The van der Waals surface area contributed by atoms with Gasteiger partial charge in [-0.2, -0.15) is 0 Å². The second-order valence-electron chi connectivity index (χ2n) is 4.04. The van der Waals surface area contributed by atoms with Gasteiger partial charge in [0.1, 0.15) is 4.70 Å². The first-order chi connectivity index (χ1) is 8.65. The molecular weight excluding hydrogens is 312 g/mol. The van der Waals surface area contributed by atoms with Gasteiger partial charge in [0.2, 0.25) is 0 Å². The average Bonchev–Trinajstić information content (AvgIpc) is 2.74. The summed E-state index contributed by atoms with van der Waals surface area (Å²) in [7, 11) is 0. The largest absolute Gasteiger partial charge is 0.312 e. The van der Waals surface area contributed by atoms with Gasteiger partial charge in [-0.15, -0.1) is 11.3 Å². The summed E-state index contributed by atoms with van der Waals surface area (Å²) in [5.41, 5.74) is 2.94. The van der Waals surface area contributed by atoms with Crippen molar-refractivity contribution in [2.75, 3.05) is 0 Å². The van der Waals surface area contributed by atoms with E-state index in [1.165, 1.54) is 23.2 Å². The Morgan fingerprint density at radius 2 is 2.17 bits per heavy atom. The van der Waals surface area contributed by atoms with Gasteiger partial charge in [0.05, 0.1) is 11.8 Å². The third-order valence-electron chi connectivity index (χ3n) is 2.71. The van der Waals surface area contributed by atoms with Crippen molar-refractivity contribution in [3.05, 3.63) is 51.0 Å². The number of aromatic amines is 1. The molecule has 0 aliphatic heterocycles. The van der Waals surface area contributed by atoms with Crippen LogP contribution in [0.25, 0.3) is 20.7 Å². The number of nitrogens with one attached hydrogen (secondary N) is 1. The third kappa shape index (κ3) is 1.89. The highest BCUT2D eigenvalue weighted by atomic mass is 79.9. The van der Waals surface area contributed by atoms with E-state index in [0.717, 1.165) is 20.4 Å². The minimum Gasteiger partial charge on any atom is -0.312 e. The molecule has 1 N–H and O–H groups in total. The number of aryl methyl sites for hydroxylation is 1. The molecule has 0 unspecified atom stereocenters. The molecule has 0 amide bonds. The molecule has 0 aliphatic carbocycles. The number of hydrogen-bond acceptors (Lipinski definition) is 3. The molecule has 0 fully saturated rings. The van der Waals surface area contributed by atoms with Crippen molar-refractivity contribution < 1.29 is 0 Å². The molecule has 0 spiro atoms. The Morgan fingerprint density at radius 3 is 2.89 bits per heavy atom. The Morgan fingerprint density at radius 1 is 1.33 bits per heavy atom. The number of aromatic nitrogens is 2. The molecule has 0 saturated carbocycles. The minimum absolute atomic E-state index is 0.0838. The summed E-state index contributed by atoms with van der Waals surface area (Å²) < 4.78 is 1.70. The molecular formula is C13H9BrN2OS. The number of H-pyrrole nitrogens is 1. The number of benzene rings is 1. The second kappa shape index (κ2) is 4.33. The van der Waals surface area contributed by atoms with Crippen LogP contribution >= 0.6 is 27.3 Å². The lowest BCUT2D eigenvalue weighted by atomic mass is 10.1. The first-order valence-corrected chi connectivity index (χ1v) is 7.00. The van der Waals surface area contributed by atoms with Gasteiger partial charge < -0.3 is 4.98 Å². The van der Waals surface area contributed by atoms with Crippen LogP contribution < -0.4 is 5.56 Å². The highest BCUT2D eigenvalue weighted by Crippen LogP contribution is 2.35. The van der Waals surface area contributed by atoms with Crippen LogP contribution in [-0.2, 0) is 0 Å². The average molecular weight is 321 g/mol. The van der Waals surface area contributed by atoms with E-state index < -0.39 is 0 Å². The Hall–Kier alpha value is -1.46. The Balaban J connectivity index is 2.26. The summed E-state index contributed by atoms with van der Waals surface area (Å²) in [5.74, 6) is 0. The number of thiophene rings is 1. The van der Waals surface area contributed by atoms with Crippen molar-refractivity contribution in [3.63, 3.8) is 0 Å². The lowest BCUT2D eigenvalue weighted by molar-refractivity contribution is 1.18. The van der Waals surface area contributed by atoms with Gasteiger partial charge in [-0.25, -0.2) is 4.98 Å². The highest BCUT2D eigenvalue weighted by molar-refractivity contribution is 9.10. The molecule has 0 radical (unpaired) electrons. The van der Waals surface area contributed by atoms with Crippen molar-refractivity contribution in [2.24, 2.45) is 0 Å². The molecule has 90 valence electrons. The van der Waals surface area contributed by atoms with Crippen LogP contribution in [0.15, 0.2) is 39.9 Å². The second-order valence-corrected chi connectivity index (χ2v) is 5.95. The first-order valence-electron chi connectivity index (χ1n) is 5.39. The Labute approximate surface area is 116 Å². The molecule has 2 aromatic heterocycles. The van der Waals surface area contributed by atoms with Crippen molar-refractivity contribution >= 4 is 37.5 Å². The maximum Gasteiger partial charge on any atom is 0.268 e. The van der Waals surface area contributed by atoms with Gasteiger partial charge in [-0.1, -0.05) is 28.1 Å². The molecule has 1 aromatic carbocycles. The smallest absolute Gasteiger partial charge is 0.268 e. The molecule has 3 nitrogen and oxygen atoms in total. The zero-order valence-corrected chi connectivity index (χ0v) is 11.9. The maximum atomic E-state index is 11.7. The quantitative estimate of drug-likeness (QED) is 0.742. The van der Waals surface area contributed by atoms with Crippen LogP contribution in [0.2, 0.25) is 0 Å².